The minimum absolute atomic E-state index is 0.342. The summed E-state index contributed by atoms with van der Waals surface area (Å²) in [6.07, 6.45) is 6.60. The SMILES string of the molecule is C=C(C)/C=C/CC(C)(C)CCSC(=C)C(=C)C. The van der Waals surface area contributed by atoms with Crippen LogP contribution in [0.3, 0.4) is 0 Å². The van der Waals surface area contributed by atoms with E-state index in [1.807, 2.05) is 25.6 Å². The maximum absolute atomic E-state index is 4.00. The molecule has 0 aliphatic carbocycles. The van der Waals surface area contributed by atoms with Crippen LogP contribution in [0.2, 0.25) is 0 Å². The molecule has 0 aliphatic rings. The zero-order valence-electron chi connectivity index (χ0n) is 11.8. The van der Waals surface area contributed by atoms with Crippen molar-refractivity contribution in [2.45, 2.75) is 40.5 Å². The Kier molecular flexibility index (Phi) is 7.29. The van der Waals surface area contributed by atoms with E-state index in [0.29, 0.717) is 5.41 Å². The van der Waals surface area contributed by atoms with Crippen molar-refractivity contribution in [3.05, 3.63) is 47.9 Å². The van der Waals surface area contributed by atoms with Gasteiger partial charge in [0.2, 0.25) is 0 Å². The lowest BCUT2D eigenvalue weighted by molar-refractivity contribution is 0.360. The third-order valence-electron chi connectivity index (χ3n) is 2.60. The summed E-state index contributed by atoms with van der Waals surface area (Å²) < 4.78 is 0. The van der Waals surface area contributed by atoms with Crippen LogP contribution in [0.15, 0.2) is 47.9 Å². The highest BCUT2D eigenvalue weighted by Gasteiger charge is 2.15. The molecule has 0 bridgehead atoms. The molecule has 0 radical (unpaired) electrons. The van der Waals surface area contributed by atoms with Gasteiger partial charge in [-0.05, 0) is 43.4 Å². The summed E-state index contributed by atoms with van der Waals surface area (Å²) in [5, 5.41) is 0. The Morgan fingerprint density at radius 3 is 2.24 bits per heavy atom. The maximum Gasteiger partial charge on any atom is 0.00233 e. The summed E-state index contributed by atoms with van der Waals surface area (Å²) in [6.45, 7) is 20.4. The van der Waals surface area contributed by atoms with E-state index < -0.39 is 0 Å². The van der Waals surface area contributed by atoms with Crippen LogP contribution in [0.5, 0.6) is 0 Å². The lowest BCUT2D eigenvalue weighted by Crippen LogP contribution is -2.11. The Morgan fingerprint density at radius 1 is 1.18 bits per heavy atom. The summed E-state index contributed by atoms with van der Waals surface area (Å²) >= 11 is 1.82. The zero-order chi connectivity index (χ0) is 13.5. The van der Waals surface area contributed by atoms with Crippen molar-refractivity contribution >= 4 is 11.8 Å². The molecule has 0 aromatic carbocycles. The number of hydrogen-bond donors (Lipinski definition) is 0. The molecule has 0 nitrogen and oxygen atoms in total. The predicted molar refractivity (Wildman–Crippen MR) is 83.4 cm³/mol. The van der Waals surface area contributed by atoms with Crippen molar-refractivity contribution in [1.29, 1.82) is 0 Å². The maximum atomic E-state index is 4.00. The molecular weight excluding hydrogens is 224 g/mol. The fourth-order valence-electron chi connectivity index (χ4n) is 1.25. The van der Waals surface area contributed by atoms with Crippen LogP contribution in [0.4, 0.5) is 0 Å². The minimum Gasteiger partial charge on any atom is -0.127 e. The van der Waals surface area contributed by atoms with Gasteiger partial charge in [-0.1, -0.05) is 51.3 Å². The lowest BCUT2D eigenvalue weighted by Gasteiger charge is -2.22. The Balaban J connectivity index is 3.97. The van der Waals surface area contributed by atoms with E-state index >= 15 is 0 Å². The van der Waals surface area contributed by atoms with E-state index in [-0.39, 0.29) is 0 Å². The fourth-order valence-corrected chi connectivity index (χ4v) is 2.40. The molecule has 0 rings (SSSR count). The lowest BCUT2D eigenvalue weighted by atomic mass is 9.86. The third kappa shape index (κ3) is 9.05. The summed E-state index contributed by atoms with van der Waals surface area (Å²) in [5.74, 6) is 1.11. The van der Waals surface area contributed by atoms with Crippen LogP contribution in [0.25, 0.3) is 0 Å². The summed E-state index contributed by atoms with van der Waals surface area (Å²) in [4.78, 5) is 1.11. The zero-order valence-corrected chi connectivity index (χ0v) is 12.6. The Labute approximate surface area is 112 Å². The first-order valence-corrected chi connectivity index (χ1v) is 7.03. The number of allylic oxidation sites excluding steroid dienone is 4. The first kappa shape index (κ1) is 16.3. The molecule has 0 saturated carbocycles. The Bertz CT molecular complexity index is 318. The minimum atomic E-state index is 0.342. The summed E-state index contributed by atoms with van der Waals surface area (Å²) in [7, 11) is 0. The highest BCUT2D eigenvalue weighted by Crippen LogP contribution is 2.30. The van der Waals surface area contributed by atoms with Crippen LogP contribution >= 0.6 is 11.8 Å². The van der Waals surface area contributed by atoms with Gasteiger partial charge in [-0.25, -0.2) is 0 Å². The molecule has 0 aromatic rings. The van der Waals surface area contributed by atoms with Gasteiger partial charge < -0.3 is 0 Å². The molecule has 1 heteroatoms. The van der Waals surface area contributed by atoms with Crippen LogP contribution in [-0.4, -0.2) is 5.75 Å². The van der Waals surface area contributed by atoms with Crippen LogP contribution in [0, 0.1) is 5.41 Å². The average molecular weight is 250 g/mol. The fraction of sp³-hybridized carbons (Fsp3) is 0.500. The molecule has 0 saturated heterocycles. The normalized spacial score (nSPS) is 11.8. The van der Waals surface area contributed by atoms with Gasteiger partial charge in [0.05, 0.1) is 0 Å². The van der Waals surface area contributed by atoms with Gasteiger partial charge in [-0.3, -0.25) is 0 Å². The quantitative estimate of drug-likeness (QED) is 0.494. The smallest absolute Gasteiger partial charge is 0.00233 e. The molecule has 0 aliphatic heterocycles. The number of hydrogen-bond acceptors (Lipinski definition) is 1. The largest absolute Gasteiger partial charge is 0.127 e. The molecule has 0 amide bonds. The van der Waals surface area contributed by atoms with Crippen molar-refractivity contribution in [1.82, 2.24) is 0 Å². The monoisotopic (exact) mass is 250 g/mol. The van der Waals surface area contributed by atoms with E-state index in [0.717, 1.165) is 28.2 Å². The molecule has 0 atom stereocenters. The van der Waals surface area contributed by atoms with Crippen LogP contribution in [0.1, 0.15) is 40.5 Å². The second kappa shape index (κ2) is 7.60. The average Bonchev–Trinajstić information content (AvgIpc) is 2.15. The van der Waals surface area contributed by atoms with E-state index in [4.69, 9.17) is 0 Å². The predicted octanol–water partition coefficient (Wildman–Crippen LogP) is 5.75. The number of thioether (sulfide) groups is 1. The van der Waals surface area contributed by atoms with E-state index in [2.05, 4.69) is 45.7 Å². The summed E-state index contributed by atoms with van der Waals surface area (Å²) in [5.41, 5.74) is 2.54. The van der Waals surface area contributed by atoms with Gasteiger partial charge in [0.25, 0.3) is 0 Å². The molecular formula is C16H26S. The first-order chi connectivity index (χ1) is 7.74. The van der Waals surface area contributed by atoms with Crippen molar-refractivity contribution in [2.75, 3.05) is 5.75 Å². The van der Waals surface area contributed by atoms with Gasteiger partial charge >= 0.3 is 0 Å². The highest BCUT2D eigenvalue weighted by atomic mass is 32.2. The molecule has 17 heavy (non-hydrogen) atoms. The van der Waals surface area contributed by atoms with Gasteiger partial charge in [0.1, 0.15) is 0 Å². The topological polar surface area (TPSA) is 0 Å². The van der Waals surface area contributed by atoms with E-state index in [1.54, 1.807) is 0 Å². The summed E-state index contributed by atoms with van der Waals surface area (Å²) in [6, 6.07) is 0. The van der Waals surface area contributed by atoms with Crippen molar-refractivity contribution in [3.63, 3.8) is 0 Å². The standard InChI is InChI=1S/C16H26S/c1-13(2)9-8-10-16(6,7)11-12-17-15(5)14(3)4/h8-9H,1,3,5,10-12H2,2,4,6-7H3/b9-8+. The Morgan fingerprint density at radius 2 is 1.76 bits per heavy atom. The second-order valence-corrected chi connectivity index (χ2v) is 6.61. The van der Waals surface area contributed by atoms with E-state index in [1.165, 1.54) is 6.42 Å². The van der Waals surface area contributed by atoms with Crippen molar-refractivity contribution in [3.8, 4) is 0 Å². The van der Waals surface area contributed by atoms with Gasteiger partial charge in [0, 0.05) is 4.91 Å². The van der Waals surface area contributed by atoms with Crippen LogP contribution in [-0.2, 0) is 0 Å². The van der Waals surface area contributed by atoms with Crippen LogP contribution < -0.4 is 0 Å². The van der Waals surface area contributed by atoms with Gasteiger partial charge in [-0.2, -0.15) is 0 Å². The second-order valence-electron chi connectivity index (χ2n) is 5.42. The molecule has 0 unspecified atom stereocenters. The van der Waals surface area contributed by atoms with E-state index in [9.17, 15) is 0 Å². The number of rotatable bonds is 8. The van der Waals surface area contributed by atoms with Crippen molar-refractivity contribution in [2.24, 2.45) is 5.41 Å². The molecule has 0 N–H and O–H groups in total. The van der Waals surface area contributed by atoms with Gasteiger partial charge in [-0.15, -0.1) is 11.8 Å². The molecule has 0 heterocycles. The third-order valence-corrected chi connectivity index (χ3v) is 3.71. The molecule has 0 fully saturated rings. The molecule has 0 spiro atoms. The highest BCUT2D eigenvalue weighted by molar-refractivity contribution is 8.03. The molecule has 0 aromatic heterocycles. The molecule has 96 valence electrons. The van der Waals surface area contributed by atoms with Gasteiger partial charge in [0.15, 0.2) is 0 Å². The van der Waals surface area contributed by atoms with Crippen molar-refractivity contribution < 1.29 is 0 Å². The first-order valence-electron chi connectivity index (χ1n) is 6.04. The Hall–Kier alpha value is -0.690.